The summed E-state index contributed by atoms with van der Waals surface area (Å²) in [5.74, 6) is 1.70. The summed E-state index contributed by atoms with van der Waals surface area (Å²) in [5.41, 5.74) is 5.55. The van der Waals surface area contributed by atoms with E-state index in [0.717, 1.165) is 65.8 Å². The zero-order valence-electron chi connectivity index (χ0n) is 22.2. The van der Waals surface area contributed by atoms with Crippen molar-refractivity contribution < 1.29 is 8.83 Å². The molecule has 0 aliphatic rings. The standard InChI is InChI=1S/C36H20N4O2/c1-2-9-21(10-3-1)33-38-34(25-14-8-16-29-31(25)24-13-6-7-15-28(24)41-29)40-35(39-33)26-17-18-37-36-32(26)27-19-22-11-4-5-12-23(22)20-30(27)42-36/h1-20H. The van der Waals surface area contributed by atoms with Crippen LogP contribution in [0.1, 0.15) is 0 Å². The van der Waals surface area contributed by atoms with Crippen LogP contribution in [-0.4, -0.2) is 19.9 Å². The lowest BCUT2D eigenvalue weighted by atomic mass is 10.0. The van der Waals surface area contributed by atoms with Gasteiger partial charge >= 0.3 is 0 Å². The maximum atomic E-state index is 6.25. The molecule has 9 aromatic rings. The summed E-state index contributed by atoms with van der Waals surface area (Å²) >= 11 is 0. The third-order valence-electron chi connectivity index (χ3n) is 7.79. The van der Waals surface area contributed by atoms with Crippen LogP contribution in [0, 0.1) is 0 Å². The number of furan rings is 2. The van der Waals surface area contributed by atoms with Crippen LogP contribution < -0.4 is 0 Å². The monoisotopic (exact) mass is 540 g/mol. The van der Waals surface area contributed by atoms with E-state index in [0.29, 0.717) is 23.2 Å². The molecule has 4 heterocycles. The number of aromatic nitrogens is 4. The van der Waals surface area contributed by atoms with Crippen molar-refractivity contribution in [2.75, 3.05) is 0 Å². The highest BCUT2D eigenvalue weighted by atomic mass is 16.3. The van der Waals surface area contributed by atoms with Gasteiger partial charge in [0, 0.05) is 39.0 Å². The Morgan fingerprint density at radius 1 is 0.452 bits per heavy atom. The minimum Gasteiger partial charge on any atom is -0.456 e. The second-order valence-corrected chi connectivity index (χ2v) is 10.3. The Labute approximate surface area is 238 Å². The highest BCUT2D eigenvalue weighted by Gasteiger charge is 2.21. The molecule has 0 bridgehead atoms. The summed E-state index contributed by atoms with van der Waals surface area (Å²) in [6.45, 7) is 0. The maximum Gasteiger partial charge on any atom is 0.228 e. The number of para-hydroxylation sites is 1. The molecule has 0 atom stereocenters. The molecule has 196 valence electrons. The molecule has 0 aliphatic heterocycles. The van der Waals surface area contributed by atoms with Crippen LogP contribution in [0.15, 0.2) is 130 Å². The van der Waals surface area contributed by atoms with E-state index in [2.05, 4.69) is 35.3 Å². The number of pyridine rings is 1. The normalized spacial score (nSPS) is 11.8. The van der Waals surface area contributed by atoms with Gasteiger partial charge in [0.2, 0.25) is 5.71 Å². The minimum atomic E-state index is 0.545. The average Bonchev–Trinajstić information content (AvgIpc) is 3.61. The number of nitrogens with zero attached hydrogens (tertiary/aromatic N) is 4. The Morgan fingerprint density at radius 3 is 2.00 bits per heavy atom. The summed E-state index contributed by atoms with van der Waals surface area (Å²) in [5, 5.41) is 6.08. The fourth-order valence-corrected chi connectivity index (χ4v) is 5.86. The number of benzene rings is 5. The van der Waals surface area contributed by atoms with E-state index >= 15 is 0 Å². The van der Waals surface area contributed by atoms with Crippen molar-refractivity contribution in [2.45, 2.75) is 0 Å². The SMILES string of the molecule is c1ccc(-c2nc(-c3cccc4oc5ccccc5c34)nc(-c3ccnc4oc5cc6ccccc6cc5c34)n2)cc1. The van der Waals surface area contributed by atoms with Crippen molar-refractivity contribution in [3.05, 3.63) is 121 Å². The fraction of sp³-hybridized carbons (Fsp3) is 0. The van der Waals surface area contributed by atoms with E-state index in [-0.39, 0.29) is 0 Å². The molecule has 42 heavy (non-hydrogen) atoms. The molecule has 0 saturated heterocycles. The molecule has 5 aromatic carbocycles. The van der Waals surface area contributed by atoms with Gasteiger partial charge in [-0.1, -0.05) is 84.9 Å². The van der Waals surface area contributed by atoms with Crippen LogP contribution in [-0.2, 0) is 0 Å². The topological polar surface area (TPSA) is 77.8 Å². The largest absolute Gasteiger partial charge is 0.456 e. The summed E-state index contributed by atoms with van der Waals surface area (Å²) in [7, 11) is 0. The van der Waals surface area contributed by atoms with Gasteiger partial charge in [-0.15, -0.1) is 0 Å². The zero-order chi connectivity index (χ0) is 27.6. The van der Waals surface area contributed by atoms with Crippen LogP contribution in [0.4, 0.5) is 0 Å². The number of hydrogen-bond acceptors (Lipinski definition) is 6. The highest BCUT2D eigenvalue weighted by molar-refractivity contribution is 6.14. The minimum absolute atomic E-state index is 0.545. The number of hydrogen-bond donors (Lipinski definition) is 0. The van der Waals surface area contributed by atoms with E-state index in [9.17, 15) is 0 Å². The van der Waals surface area contributed by atoms with Gasteiger partial charge in [0.05, 0.1) is 5.39 Å². The third kappa shape index (κ3) is 3.45. The molecular weight excluding hydrogens is 520 g/mol. The Morgan fingerprint density at radius 2 is 1.14 bits per heavy atom. The van der Waals surface area contributed by atoms with Crippen LogP contribution in [0.2, 0.25) is 0 Å². The Bertz CT molecular complexity index is 2480. The van der Waals surface area contributed by atoms with E-state index in [1.54, 1.807) is 6.20 Å². The quantitative estimate of drug-likeness (QED) is 0.222. The van der Waals surface area contributed by atoms with Crippen molar-refractivity contribution >= 4 is 54.8 Å². The summed E-state index contributed by atoms with van der Waals surface area (Å²) < 4.78 is 12.4. The molecule has 6 heteroatoms. The van der Waals surface area contributed by atoms with Crippen LogP contribution in [0.25, 0.3) is 88.9 Å². The van der Waals surface area contributed by atoms with Crippen LogP contribution >= 0.6 is 0 Å². The predicted octanol–water partition coefficient (Wildman–Crippen LogP) is 9.22. The zero-order valence-corrected chi connectivity index (χ0v) is 22.2. The number of fused-ring (bicyclic) bond motifs is 7. The van der Waals surface area contributed by atoms with Crippen LogP contribution in [0.3, 0.4) is 0 Å². The Balaban J connectivity index is 1.36. The van der Waals surface area contributed by atoms with Gasteiger partial charge in [-0.2, -0.15) is 0 Å². The lowest BCUT2D eigenvalue weighted by molar-refractivity contribution is 0.654. The summed E-state index contributed by atoms with van der Waals surface area (Å²) in [6, 6.07) is 38.5. The van der Waals surface area contributed by atoms with Gasteiger partial charge in [-0.3, -0.25) is 0 Å². The molecule has 0 N–H and O–H groups in total. The van der Waals surface area contributed by atoms with Gasteiger partial charge in [0.25, 0.3) is 0 Å². The molecule has 0 amide bonds. The second kappa shape index (κ2) is 8.81. The predicted molar refractivity (Wildman–Crippen MR) is 166 cm³/mol. The highest BCUT2D eigenvalue weighted by Crippen LogP contribution is 2.39. The maximum absolute atomic E-state index is 6.25. The van der Waals surface area contributed by atoms with E-state index in [4.69, 9.17) is 23.8 Å². The smallest absolute Gasteiger partial charge is 0.228 e. The first-order valence-electron chi connectivity index (χ1n) is 13.7. The third-order valence-corrected chi connectivity index (χ3v) is 7.79. The lowest BCUT2D eigenvalue weighted by Crippen LogP contribution is -2.00. The van der Waals surface area contributed by atoms with Crippen molar-refractivity contribution in [3.63, 3.8) is 0 Å². The summed E-state index contributed by atoms with van der Waals surface area (Å²) in [6.07, 6.45) is 1.75. The molecule has 4 aromatic heterocycles. The number of rotatable bonds is 3. The molecule has 0 spiro atoms. The first-order valence-corrected chi connectivity index (χ1v) is 13.7. The molecule has 0 radical (unpaired) electrons. The van der Waals surface area contributed by atoms with Gasteiger partial charge in [-0.05, 0) is 41.1 Å². The fourth-order valence-electron chi connectivity index (χ4n) is 5.86. The van der Waals surface area contributed by atoms with Crippen molar-refractivity contribution in [3.8, 4) is 34.2 Å². The molecule has 6 nitrogen and oxygen atoms in total. The summed E-state index contributed by atoms with van der Waals surface area (Å²) in [4.78, 5) is 19.7. The van der Waals surface area contributed by atoms with Gasteiger partial charge in [-0.25, -0.2) is 19.9 Å². The first-order chi connectivity index (χ1) is 20.8. The molecule has 0 fully saturated rings. The van der Waals surface area contributed by atoms with Crippen molar-refractivity contribution in [1.82, 2.24) is 19.9 Å². The molecule has 0 saturated carbocycles. The van der Waals surface area contributed by atoms with Gasteiger partial charge in [0.1, 0.15) is 16.7 Å². The van der Waals surface area contributed by atoms with E-state index in [1.165, 1.54) is 0 Å². The second-order valence-electron chi connectivity index (χ2n) is 10.3. The van der Waals surface area contributed by atoms with Gasteiger partial charge < -0.3 is 8.83 Å². The van der Waals surface area contributed by atoms with Crippen LogP contribution in [0.5, 0.6) is 0 Å². The van der Waals surface area contributed by atoms with Crippen molar-refractivity contribution in [2.24, 2.45) is 0 Å². The van der Waals surface area contributed by atoms with E-state index in [1.807, 2.05) is 84.9 Å². The molecular formula is C36H20N4O2. The van der Waals surface area contributed by atoms with E-state index < -0.39 is 0 Å². The van der Waals surface area contributed by atoms with Gasteiger partial charge in [0.15, 0.2) is 17.5 Å². The molecule has 9 rings (SSSR count). The Kier molecular flexibility index (Phi) is 4.80. The van der Waals surface area contributed by atoms with Crippen molar-refractivity contribution in [1.29, 1.82) is 0 Å². The molecule has 0 aliphatic carbocycles. The average molecular weight is 541 g/mol. The lowest BCUT2D eigenvalue weighted by Gasteiger charge is -2.10. The Hall–Kier alpha value is -5.88. The molecule has 0 unspecified atom stereocenters. The first kappa shape index (κ1) is 22.9.